The third kappa shape index (κ3) is 2.36. The summed E-state index contributed by atoms with van der Waals surface area (Å²) in [7, 11) is 0. The molecule has 0 spiro atoms. The average Bonchev–Trinajstić information content (AvgIpc) is 2.10. The number of phenolic OH excluding ortho intramolecular Hbond substituents is 1. The molecule has 3 heteroatoms. The number of benzene rings is 1. The maximum atomic E-state index is 10.3. The summed E-state index contributed by atoms with van der Waals surface area (Å²) in [6, 6.07) is 3.37. The van der Waals surface area contributed by atoms with Gasteiger partial charge in [0, 0.05) is 6.08 Å². The molecule has 0 bridgehead atoms. The highest BCUT2D eigenvalue weighted by atomic mass is 16.4. The molecule has 0 aliphatic rings. The molecule has 0 unspecified atom stereocenters. The summed E-state index contributed by atoms with van der Waals surface area (Å²) in [5, 5.41) is 17.9. The minimum atomic E-state index is -0.997. The number of carboxylic acids is 1. The smallest absolute Gasteiger partial charge is 0.328 e. The van der Waals surface area contributed by atoms with Gasteiger partial charge < -0.3 is 10.2 Å². The van der Waals surface area contributed by atoms with Gasteiger partial charge in [-0.3, -0.25) is 0 Å². The lowest BCUT2D eigenvalue weighted by Crippen LogP contribution is -1.87. The average molecular weight is 192 g/mol. The summed E-state index contributed by atoms with van der Waals surface area (Å²) < 4.78 is 0. The van der Waals surface area contributed by atoms with Crippen LogP contribution in [0, 0.1) is 13.8 Å². The van der Waals surface area contributed by atoms with Gasteiger partial charge in [0.05, 0.1) is 0 Å². The van der Waals surface area contributed by atoms with Crippen molar-refractivity contribution in [2.75, 3.05) is 0 Å². The van der Waals surface area contributed by atoms with Gasteiger partial charge >= 0.3 is 5.97 Å². The first-order valence-electron chi connectivity index (χ1n) is 4.22. The zero-order valence-corrected chi connectivity index (χ0v) is 8.11. The lowest BCUT2D eigenvalue weighted by molar-refractivity contribution is -0.131. The summed E-state index contributed by atoms with van der Waals surface area (Å²) >= 11 is 0. The highest BCUT2D eigenvalue weighted by Crippen LogP contribution is 2.22. The van der Waals surface area contributed by atoms with Gasteiger partial charge in [0.1, 0.15) is 5.75 Å². The number of hydrogen-bond donors (Lipinski definition) is 2. The van der Waals surface area contributed by atoms with Crippen LogP contribution in [0.5, 0.6) is 5.75 Å². The molecule has 0 aromatic heterocycles. The first-order valence-corrected chi connectivity index (χ1v) is 4.22. The molecule has 0 amide bonds. The largest absolute Gasteiger partial charge is 0.508 e. The van der Waals surface area contributed by atoms with Crippen molar-refractivity contribution in [1.29, 1.82) is 0 Å². The molecule has 0 aliphatic carbocycles. The third-order valence-corrected chi connectivity index (χ3v) is 2.08. The highest BCUT2D eigenvalue weighted by Gasteiger charge is 2.00. The van der Waals surface area contributed by atoms with Crippen LogP contribution in [0.1, 0.15) is 16.7 Å². The second-order valence-electron chi connectivity index (χ2n) is 3.15. The number of hydrogen-bond acceptors (Lipinski definition) is 2. The Labute approximate surface area is 82.3 Å². The molecule has 0 saturated heterocycles. The van der Waals surface area contributed by atoms with Crippen LogP contribution in [0.15, 0.2) is 18.2 Å². The zero-order valence-electron chi connectivity index (χ0n) is 8.11. The summed E-state index contributed by atoms with van der Waals surface area (Å²) in [5.74, 6) is -0.808. The maximum absolute atomic E-state index is 10.3. The van der Waals surface area contributed by atoms with Crippen LogP contribution in [0.3, 0.4) is 0 Å². The molecule has 1 aromatic carbocycles. The Hall–Kier alpha value is -1.77. The Morgan fingerprint density at radius 2 is 2.00 bits per heavy atom. The fraction of sp³-hybridized carbons (Fsp3) is 0.182. The molecule has 74 valence electrons. The first-order chi connectivity index (χ1) is 6.50. The molecule has 1 aromatic rings. The van der Waals surface area contributed by atoms with E-state index in [4.69, 9.17) is 5.11 Å². The fourth-order valence-electron chi connectivity index (χ4n) is 1.13. The van der Waals surface area contributed by atoms with Crippen molar-refractivity contribution >= 4 is 12.0 Å². The van der Waals surface area contributed by atoms with E-state index in [1.54, 1.807) is 6.07 Å². The molecule has 1 rings (SSSR count). The topological polar surface area (TPSA) is 57.5 Å². The zero-order chi connectivity index (χ0) is 10.7. The van der Waals surface area contributed by atoms with Gasteiger partial charge in [-0.2, -0.15) is 0 Å². The molecule has 0 aliphatic heterocycles. The number of carbonyl (C=O) groups is 1. The van der Waals surface area contributed by atoms with E-state index in [1.165, 1.54) is 6.08 Å². The van der Waals surface area contributed by atoms with Crippen molar-refractivity contribution in [1.82, 2.24) is 0 Å². The van der Waals surface area contributed by atoms with Crippen LogP contribution in [0.4, 0.5) is 0 Å². The predicted octanol–water partition coefficient (Wildman–Crippen LogP) is 2.11. The molecule has 0 saturated carbocycles. The van der Waals surface area contributed by atoms with Crippen LogP contribution in [-0.2, 0) is 4.79 Å². The van der Waals surface area contributed by atoms with E-state index in [0.29, 0.717) is 5.56 Å². The molecule has 3 nitrogen and oxygen atoms in total. The standard InChI is InChI=1S/C11H12O3/c1-7-5-9(3-4-11(13)14)6-10(12)8(7)2/h3-6,12H,1-2H3,(H,13,14)/b4-3+. The lowest BCUT2D eigenvalue weighted by Gasteiger charge is -2.04. The van der Waals surface area contributed by atoms with E-state index in [1.807, 2.05) is 19.9 Å². The van der Waals surface area contributed by atoms with E-state index < -0.39 is 5.97 Å². The van der Waals surface area contributed by atoms with Crippen molar-refractivity contribution in [2.24, 2.45) is 0 Å². The van der Waals surface area contributed by atoms with E-state index >= 15 is 0 Å². The number of phenols is 1. The van der Waals surface area contributed by atoms with Crippen molar-refractivity contribution in [2.45, 2.75) is 13.8 Å². The molecular formula is C11H12O3. The van der Waals surface area contributed by atoms with Crippen LogP contribution in [0.25, 0.3) is 6.08 Å². The van der Waals surface area contributed by atoms with Crippen molar-refractivity contribution in [3.63, 3.8) is 0 Å². The molecule has 2 N–H and O–H groups in total. The monoisotopic (exact) mass is 192 g/mol. The van der Waals surface area contributed by atoms with Crippen molar-refractivity contribution in [3.05, 3.63) is 34.9 Å². The summed E-state index contributed by atoms with van der Waals surface area (Å²) in [6.07, 6.45) is 2.50. The molecule has 0 heterocycles. The molecular weight excluding hydrogens is 180 g/mol. The van der Waals surface area contributed by atoms with Crippen LogP contribution in [-0.4, -0.2) is 16.2 Å². The van der Waals surface area contributed by atoms with Gasteiger partial charge in [0.15, 0.2) is 0 Å². The highest BCUT2D eigenvalue weighted by molar-refractivity contribution is 5.85. The summed E-state index contributed by atoms with van der Waals surface area (Å²) in [6.45, 7) is 3.68. The third-order valence-electron chi connectivity index (χ3n) is 2.08. The Morgan fingerprint density at radius 1 is 1.36 bits per heavy atom. The van der Waals surface area contributed by atoms with Gasteiger partial charge in [0.25, 0.3) is 0 Å². The van der Waals surface area contributed by atoms with Gasteiger partial charge in [-0.25, -0.2) is 4.79 Å². The van der Waals surface area contributed by atoms with Gasteiger partial charge in [0.2, 0.25) is 0 Å². The maximum Gasteiger partial charge on any atom is 0.328 e. The Balaban J connectivity index is 3.07. The molecule has 0 fully saturated rings. The number of aliphatic carboxylic acids is 1. The lowest BCUT2D eigenvalue weighted by atomic mass is 10.0. The Kier molecular flexibility index (Phi) is 2.92. The van der Waals surface area contributed by atoms with Crippen LogP contribution < -0.4 is 0 Å². The molecule has 14 heavy (non-hydrogen) atoms. The minimum absolute atomic E-state index is 0.190. The van der Waals surface area contributed by atoms with Gasteiger partial charge in [-0.1, -0.05) is 6.07 Å². The van der Waals surface area contributed by atoms with Crippen LogP contribution >= 0.6 is 0 Å². The minimum Gasteiger partial charge on any atom is -0.508 e. The number of rotatable bonds is 2. The van der Waals surface area contributed by atoms with Crippen molar-refractivity contribution in [3.8, 4) is 5.75 Å². The number of carboxylic acid groups (broad SMARTS) is 1. The van der Waals surface area contributed by atoms with Crippen molar-refractivity contribution < 1.29 is 15.0 Å². The van der Waals surface area contributed by atoms with Crippen LogP contribution in [0.2, 0.25) is 0 Å². The number of aryl methyl sites for hydroxylation is 1. The normalized spacial score (nSPS) is 10.7. The van der Waals surface area contributed by atoms with E-state index in [0.717, 1.165) is 17.2 Å². The van der Waals surface area contributed by atoms with E-state index in [9.17, 15) is 9.90 Å². The summed E-state index contributed by atoms with van der Waals surface area (Å²) in [5.41, 5.74) is 2.44. The van der Waals surface area contributed by atoms with Gasteiger partial charge in [-0.15, -0.1) is 0 Å². The summed E-state index contributed by atoms with van der Waals surface area (Å²) in [4.78, 5) is 10.3. The quantitative estimate of drug-likeness (QED) is 0.705. The molecule has 0 radical (unpaired) electrons. The SMILES string of the molecule is Cc1cc(/C=C/C(=O)O)cc(O)c1C. The fourth-order valence-corrected chi connectivity index (χ4v) is 1.13. The van der Waals surface area contributed by atoms with E-state index in [-0.39, 0.29) is 5.75 Å². The Bertz CT molecular complexity index is 369. The second-order valence-corrected chi connectivity index (χ2v) is 3.15. The first kappa shape index (κ1) is 10.3. The number of aromatic hydroxyl groups is 1. The molecule has 0 atom stereocenters. The van der Waals surface area contributed by atoms with E-state index in [2.05, 4.69) is 0 Å². The second kappa shape index (κ2) is 3.96. The Morgan fingerprint density at radius 3 is 2.50 bits per heavy atom. The predicted molar refractivity (Wildman–Crippen MR) is 54.3 cm³/mol. The van der Waals surface area contributed by atoms with Gasteiger partial charge in [-0.05, 0) is 42.7 Å².